The van der Waals surface area contributed by atoms with E-state index in [-0.39, 0.29) is 17.5 Å². The van der Waals surface area contributed by atoms with Crippen molar-refractivity contribution < 1.29 is 4.79 Å². The minimum Gasteiger partial charge on any atom is -0.349 e. The zero-order valence-corrected chi connectivity index (χ0v) is 18.3. The molecule has 5 rings (SSSR count). The zero-order chi connectivity index (χ0) is 22.2. The Bertz CT molecular complexity index is 1370. The summed E-state index contributed by atoms with van der Waals surface area (Å²) < 4.78 is 1.78. The quantitative estimate of drug-likeness (QED) is 0.463. The molecule has 1 aromatic heterocycles. The number of aryl methyl sites for hydroxylation is 1. The molecule has 4 aromatic rings. The van der Waals surface area contributed by atoms with Crippen LogP contribution in [0.1, 0.15) is 47.3 Å². The molecule has 4 nitrogen and oxygen atoms in total. The second-order valence-corrected chi connectivity index (χ2v) is 8.69. The van der Waals surface area contributed by atoms with Gasteiger partial charge in [-0.1, -0.05) is 42.5 Å². The van der Waals surface area contributed by atoms with Gasteiger partial charge in [0.2, 0.25) is 0 Å². The van der Waals surface area contributed by atoms with Gasteiger partial charge in [0.05, 0.1) is 6.04 Å². The maximum atomic E-state index is 13.2. The molecule has 3 aromatic carbocycles. The van der Waals surface area contributed by atoms with Gasteiger partial charge in [-0.3, -0.25) is 9.59 Å². The van der Waals surface area contributed by atoms with Gasteiger partial charge in [0.25, 0.3) is 11.5 Å². The lowest BCUT2D eigenvalue weighted by molar-refractivity contribution is 0.0951. The number of carbonyl (C=O) groups excluding carboxylic acids is 1. The molecule has 1 heterocycles. The first-order valence-electron chi connectivity index (χ1n) is 11.1. The first-order valence-corrected chi connectivity index (χ1v) is 11.1. The predicted molar refractivity (Wildman–Crippen MR) is 129 cm³/mol. The molecule has 0 radical (unpaired) electrons. The number of rotatable bonds is 5. The van der Waals surface area contributed by atoms with Crippen LogP contribution >= 0.6 is 0 Å². The van der Waals surface area contributed by atoms with Gasteiger partial charge in [0, 0.05) is 23.2 Å². The Morgan fingerprint density at radius 3 is 2.53 bits per heavy atom. The molecule has 0 saturated heterocycles. The van der Waals surface area contributed by atoms with Crippen LogP contribution in [-0.2, 0) is 0 Å². The maximum Gasteiger partial charge on any atom is 0.258 e. The highest BCUT2D eigenvalue weighted by molar-refractivity contribution is 5.96. The van der Waals surface area contributed by atoms with Crippen LogP contribution in [0.15, 0.2) is 83.8 Å². The van der Waals surface area contributed by atoms with Crippen LogP contribution in [-0.4, -0.2) is 16.5 Å². The van der Waals surface area contributed by atoms with E-state index in [1.807, 2.05) is 92.8 Å². The van der Waals surface area contributed by atoms with Crippen molar-refractivity contribution in [1.29, 1.82) is 0 Å². The number of hydrogen-bond acceptors (Lipinski definition) is 2. The van der Waals surface area contributed by atoms with Crippen molar-refractivity contribution in [2.24, 2.45) is 0 Å². The molecule has 1 N–H and O–H groups in total. The minimum atomic E-state index is -0.0447. The van der Waals surface area contributed by atoms with Gasteiger partial charge in [-0.25, -0.2) is 0 Å². The van der Waals surface area contributed by atoms with Gasteiger partial charge < -0.3 is 9.88 Å². The van der Waals surface area contributed by atoms with Gasteiger partial charge >= 0.3 is 0 Å². The molecule has 1 aliphatic rings. The molecular weight excluding hydrogens is 396 g/mol. The topological polar surface area (TPSA) is 51.1 Å². The van der Waals surface area contributed by atoms with E-state index in [0.29, 0.717) is 17.0 Å². The van der Waals surface area contributed by atoms with Crippen LogP contribution in [0.5, 0.6) is 0 Å². The Balaban J connectivity index is 1.52. The van der Waals surface area contributed by atoms with E-state index < -0.39 is 0 Å². The molecule has 160 valence electrons. The van der Waals surface area contributed by atoms with Crippen LogP contribution in [0.3, 0.4) is 0 Å². The smallest absolute Gasteiger partial charge is 0.258 e. The second kappa shape index (κ2) is 8.12. The Morgan fingerprint density at radius 2 is 1.78 bits per heavy atom. The number of nitrogens with zero attached hydrogens (tertiary/aromatic N) is 1. The third-order valence-corrected chi connectivity index (χ3v) is 6.35. The molecule has 1 aliphatic carbocycles. The fourth-order valence-corrected chi connectivity index (χ4v) is 4.20. The molecule has 0 aliphatic heterocycles. The van der Waals surface area contributed by atoms with E-state index in [0.717, 1.165) is 40.5 Å². The third kappa shape index (κ3) is 3.84. The standard InChI is InChI=1S/C28H26N2O2/c1-18-8-9-23(27(31)29-24-11-12-24)17-26(18)21-10-13-25-22(16-21)14-15-30(28(25)32)19(2)20-6-4-3-5-7-20/h3-10,13-17,19,24H,11-12H2,1-2H3,(H,29,31). The van der Waals surface area contributed by atoms with Gasteiger partial charge in [0.1, 0.15) is 0 Å². The fourth-order valence-electron chi connectivity index (χ4n) is 4.20. The first-order chi connectivity index (χ1) is 15.5. The monoisotopic (exact) mass is 422 g/mol. The number of aromatic nitrogens is 1. The Kier molecular flexibility index (Phi) is 5.14. The van der Waals surface area contributed by atoms with Crippen LogP contribution in [0.2, 0.25) is 0 Å². The Labute approximate surface area is 187 Å². The third-order valence-electron chi connectivity index (χ3n) is 6.35. The summed E-state index contributed by atoms with van der Waals surface area (Å²) in [6, 6.07) is 24.1. The lowest BCUT2D eigenvalue weighted by atomic mass is 9.96. The lowest BCUT2D eigenvalue weighted by Gasteiger charge is -2.17. The summed E-state index contributed by atoms with van der Waals surface area (Å²) in [5.41, 5.74) is 4.88. The highest BCUT2D eigenvalue weighted by Crippen LogP contribution is 2.28. The van der Waals surface area contributed by atoms with Gasteiger partial charge in [-0.05, 0) is 84.7 Å². The predicted octanol–water partition coefficient (Wildman–Crippen LogP) is 5.48. The first kappa shape index (κ1) is 20.3. The molecule has 0 bridgehead atoms. The van der Waals surface area contributed by atoms with E-state index in [2.05, 4.69) is 5.32 Å². The van der Waals surface area contributed by atoms with E-state index in [1.165, 1.54) is 0 Å². The average Bonchev–Trinajstić information content (AvgIpc) is 3.63. The van der Waals surface area contributed by atoms with Crippen LogP contribution in [0.4, 0.5) is 0 Å². The summed E-state index contributed by atoms with van der Waals surface area (Å²) in [6.07, 6.45) is 4.00. The zero-order valence-electron chi connectivity index (χ0n) is 18.3. The van der Waals surface area contributed by atoms with Gasteiger partial charge in [-0.15, -0.1) is 0 Å². The van der Waals surface area contributed by atoms with E-state index in [9.17, 15) is 9.59 Å². The molecule has 1 unspecified atom stereocenters. The number of fused-ring (bicyclic) bond motifs is 1. The van der Waals surface area contributed by atoms with Crippen molar-refractivity contribution in [3.8, 4) is 11.1 Å². The second-order valence-electron chi connectivity index (χ2n) is 8.69. The molecule has 1 amide bonds. The number of hydrogen-bond donors (Lipinski definition) is 1. The van der Waals surface area contributed by atoms with Crippen molar-refractivity contribution in [1.82, 2.24) is 9.88 Å². The highest BCUT2D eigenvalue weighted by atomic mass is 16.1. The summed E-state index contributed by atoms with van der Waals surface area (Å²) in [5, 5.41) is 4.65. The number of carbonyl (C=O) groups is 1. The SMILES string of the molecule is Cc1ccc(C(=O)NC2CC2)cc1-c1ccc2c(=O)n(C(C)c3ccccc3)ccc2c1. The lowest BCUT2D eigenvalue weighted by Crippen LogP contribution is -2.25. The van der Waals surface area contributed by atoms with Crippen molar-refractivity contribution in [2.45, 2.75) is 38.8 Å². The Hall–Kier alpha value is -3.66. The van der Waals surface area contributed by atoms with Crippen LogP contribution < -0.4 is 10.9 Å². The molecule has 4 heteroatoms. The number of pyridine rings is 1. The van der Waals surface area contributed by atoms with Crippen molar-refractivity contribution in [3.63, 3.8) is 0 Å². The van der Waals surface area contributed by atoms with Crippen molar-refractivity contribution in [2.75, 3.05) is 0 Å². The fraction of sp³-hybridized carbons (Fsp3) is 0.214. The number of nitrogens with one attached hydrogen (secondary N) is 1. The van der Waals surface area contributed by atoms with Gasteiger partial charge in [0.15, 0.2) is 0 Å². The minimum absolute atomic E-state index is 0.000290. The number of benzene rings is 3. The van der Waals surface area contributed by atoms with Crippen molar-refractivity contribution >= 4 is 16.7 Å². The summed E-state index contributed by atoms with van der Waals surface area (Å²) in [4.78, 5) is 25.7. The molecule has 32 heavy (non-hydrogen) atoms. The normalized spacial score (nSPS) is 14.3. The van der Waals surface area contributed by atoms with Gasteiger partial charge in [-0.2, -0.15) is 0 Å². The summed E-state index contributed by atoms with van der Waals surface area (Å²) in [7, 11) is 0. The highest BCUT2D eigenvalue weighted by Gasteiger charge is 2.24. The maximum absolute atomic E-state index is 13.2. The van der Waals surface area contributed by atoms with Crippen LogP contribution in [0.25, 0.3) is 21.9 Å². The summed E-state index contributed by atoms with van der Waals surface area (Å²) in [6.45, 7) is 4.08. The number of amides is 1. The van der Waals surface area contributed by atoms with E-state index in [1.54, 1.807) is 4.57 Å². The van der Waals surface area contributed by atoms with E-state index in [4.69, 9.17) is 0 Å². The van der Waals surface area contributed by atoms with E-state index >= 15 is 0 Å². The Morgan fingerprint density at radius 1 is 1.00 bits per heavy atom. The molecule has 1 saturated carbocycles. The largest absolute Gasteiger partial charge is 0.349 e. The molecule has 0 spiro atoms. The molecular formula is C28H26N2O2. The van der Waals surface area contributed by atoms with Crippen LogP contribution in [0, 0.1) is 6.92 Å². The molecule has 1 atom stereocenters. The summed E-state index contributed by atoms with van der Waals surface area (Å²) in [5.74, 6) is -0.0210. The summed E-state index contributed by atoms with van der Waals surface area (Å²) >= 11 is 0. The van der Waals surface area contributed by atoms with Crippen molar-refractivity contribution in [3.05, 3.63) is 106 Å². The molecule has 1 fully saturated rings. The average molecular weight is 423 g/mol.